The molecule has 3 heteroatoms. The summed E-state index contributed by atoms with van der Waals surface area (Å²) in [6.07, 6.45) is 2.05. The van der Waals surface area contributed by atoms with Crippen molar-refractivity contribution in [1.29, 1.82) is 0 Å². The Kier molecular flexibility index (Phi) is 2.86. The van der Waals surface area contributed by atoms with Crippen LogP contribution >= 0.6 is 0 Å². The number of nitrogens with zero attached hydrogens (tertiary/aromatic N) is 1. The Hall–Kier alpha value is -1.51. The molecule has 0 atom stereocenters. The zero-order valence-electron chi connectivity index (χ0n) is 10.7. The minimum atomic E-state index is -0.103. The normalized spacial score (nSPS) is 18.4. The fourth-order valence-corrected chi connectivity index (χ4v) is 2.45. The lowest BCUT2D eigenvalue weighted by molar-refractivity contribution is 0.0649. The van der Waals surface area contributed by atoms with Gasteiger partial charge in [-0.1, -0.05) is 6.07 Å². The van der Waals surface area contributed by atoms with E-state index in [-0.39, 0.29) is 17.2 Å². The molecule has 1 aliphatic rings. The summed E-state index contributed by atoms with van der Waals surface area (Å²) in [7, 11) is 0. The van der Waals surface area contributed by atoms with Gasteiger partial charge in [-0.15, -0.1) is 0 Å². The largest absolute Gasteiger partial charge is 0.507 e. The van der Waals surface area contributed by atoms with Crippen molar-refractivity contribution in [3.63, 3.8) is 0 Å². The van der Waals surface area contributed by atoms with Gasteiger partial charge in [0.25, 0.3) is 5.91 Å². The van der Waals surface area contributed by atoms with E-state index in [1.165, 1.54) is 0 Å². The number of likely N-dealkylation sites (tertiary alicyclic amines) is 1. The van der Waals surface area contributed by atoms with Crippen LogP contribution in [0.3, 0.4) is 0 Å². The molecule has 0 saturated carbocycles. The Morgan fingerprint density at radius 1 is 1.41 bits per heavy atom. The van der Waals surface area contributed by atoms with Crippen LogP contribution in [0.1, 0.15) is 42.6 Å². The Bertz CT molecular complexity index is 452. The van der Waals surface area contributed by atoms with Crippen LogP contribution in [0, 0.1) is 6.92 Å². The quantitative estimate of drug-likeness (QED) is 0.810. The zero-order chi connectivity index (χ0) is 12.6. The topological polar surface area (TPSA) is 40.5 Å². The maximum atomic E-state index is 12.4. The third-order valence-corrected chi connectivity index (χ3v) is 3.53. The second kappa shape index (κ2) is 4.06. The van der Waals surface area contributed by atoms with E-state index in [1.807, 2.05) is 17.9 Å². The Labute approximate surface area is 102 Å². The first-order valence-corrected chi connectivity index (χ1v) is 6.03. The second-order valence-corrected chi connectivity index (χ2v) is 5.39. The van der Waals surface area contributed by atoms with Crippen LogP contribution in [0.5, 0.6) is 5.75 Å². The highest BCUT2D eigenvalue weighted by Gasteiger charge is 2.36. The lowest BCUT2D eigenvalue weighted by Gasteiger charge is -2.31. The Morgan fingerprint density at radius 2 is 2.12 bits per heavy atom. The molecule has 2 rings (SSSR count). The van der Waals surface area contributed by atoms with E-state index in [2.05, 4.69) is 13.8 Å². The summed E-state index contributed by atoms with van der Waals surface area (Å²) in [6.45, 7) is 6.82. The highest BCUT2D eigenvalue weighted by Crippen LogP contribution is 2.31. The standard InChI is InChI=1S/C14H19NO2/c1-10-5-6-11(12(16)9-10)13(17)15-8-4-7-14(15,2)3/h5-6,9,16H,4,7-8H2,1-3H3. The van der Waals surface area contributed by atoms with Gasteiger partial charge in [-0.2, -0.15) is 0 Å². The SMILES string of the molecule is Cc1ccc(C(=O)N2CCCC2(C)C)c(O)c1. The average molecular weight is 233 g/mol. The first kappa shape index (κ1) is 12.0. The molecule has 17 heavy (non-hydrogen) atoms. The minimum absolute atomic E-state index is 0.0648. The van der Waals surface area contributed by atoms with Crippen LogP contribution < -0.4 is 0 Å². The van der Waals surface area contributed by atoms with Gasteiger partial charge in [-0.25, -0.2) is 0 Å². The predicted octanol–water partition coefficient (Wildman–Crippen LogP) is 2.72. The highest BCUT2D eigenvalue weighted by molar-refractivity contribution is 5.97. The Morgan fingerprint density at radius 3 is 2.65 bits per heavy atom. The molecule has 0 aromatic heterocycles. The first-order valence-electron chi connectivity index (χ1n) is 6.03. The molecule has 1 aliphatic heterocycles. The molecule has 1 heterocycles. The van der Waals surface area contributed by atoms with Crippen LogP contribution in [0.4, 0.5) is 0 Å². The molecule has 0 bridgehead atoms. The van der Waals surface area contributed by atoms with Crippen LogP contribution in [0.25, 0.3) is 0 Å². The van der Waals surface area contributed by atoms with Crippen molar-refractivity contribution in [2.45, 2.75) is 39.2 Å². The molecular weight excluding hydrogens is 214 g/mol. The van der Waals surface area contributed by atoms with Crippen molar-refractivity contribution in [1.82, 2.24) is 4.90 Å². The van der Waals surface area contributed by atoms with E-state index in [4.69, 9.17) is 0 Å². The summed E-state index contributed by atoms with van der Waals surface area (Å²) in [5, 5.41) is 9.84. The van der Waals surface area contributed by atoms with Gasteiger partial charge in [0, 0.05) is 12.1 Å². The van der Waals surface area contributed by atoms with E-state index in [0.29, 0.717) is 5.56 Å². The number of amides is 1. The van der Waals surface area contributed by atoms with Crippen molar-refractivity contribution in [3.05, 3.63) is 29.3 Å². The molecular formula is C14H19NO2. The molecule has 0 unspecified atom stereocenters. The summed E-state index contributed by atoms with van der Waals surface area (Å²) in [5.74, 6) is 0.0164. The molecule has 92 valence electrons. The number of aryl methyl sites for hydroxylation is 1. The van der Waals surface area contributed by atoms with Gasteiger partial charge in [0.1, 0.15) is 5.75 Å². The van der Waals surface area contributed by atoms with Crippen molar-refractivity contribution in [2.75, 3.05) is 6.54 Å². The monoisotopic (exact) mass is 233 g/mol. The molecule has 1 N–H and O–H groups in total. The van der Waals surface area contributed by atoms with Gasteiger partial charge < -0.3 is 10.0 Å². The molecule has 0 spiro atoms. The van der Waals surface area contributed by atoms with E-state index in [1.54, 1.807) is 12.1 Å². The number of carbonyl (C=O) groups is 1. The lowest BCUT2D eigenvalue weighted by Crippen LogP contribution is -2.42. The van der Waals surface area contributed by atoms with Gasteiger partial charge in [0.05, 0.1) is 5.56 Å². The average Bonchev–Trinajstić information content (AvgIpc) is 2.57. The third kappa shape index (κ3) is 2.14. The third-order valence-electron chi connectivity index (χ3n) is 3.53. The maximum Gasteiger partial charge on any atom is 0.258 e. The van der Waals surface area contributed by atoms with Crippen LogP contribution in [0.15, 0.2) is 18.2 Å². The number of aromatic hydroxyl groups is 1. The van der Waals surface area contributed by atoms with Gasteiger partial charge >= 0.3 is 0 Å². The van der Waals surface area contributed by atoms with Crippen LogP contribution in [-0.4, -0.2) is 28.0 Å². The van der Waals surface area contributed by atoms with Gasteiger partial charge in [-0.3, -0.25) is 4.79 Å². The number of rotatable bonds is 1. The van der Waals surface area contributed by atoms with E-state index in [0.717, 1.165) is 24.9 Å². The predicted molar refractivity (Wildman–Crippen MR) is 67.2 cm³/mol. The van der Waals surface area contributed by atoms with E-state index >= 15 is 0 Å². The summed E-state index contributed by atoms with van der Waals surface area (Å²) in [4.78, 5) is 14.2. The maximum absolute atomic E-state index is 12.4. The van der Waals surface area contributed by atoms with Crippen molar-refractivity contribution >= 4 is 5.91 Å². The summed E-state index contributed by atoms with van der Waals surface area (Å²) in [5.41, 5.74) is 1.26. The lowest BCUT2D eigenvalue weighted by atomic mass is 10.0. The molecule has 1 aromatic rings. The molecule has 0 radical (unpaired) electrons. The zero-order valence-corrected chi connectivity index (χ0v) is 10.7. The number of hydrogen-bond acceptors (Lipinski definition) is 2. The minimum Gasteiger partial charge on any atom is -0.507 e. The number of carbonyl (C=O) groups excluding carboxylic acids is 1. The molecule has 0 aliphatic carbocycles. The first-order chi connectivity index (χ1) is 7.92. The summed E-state index contributed by atoms with van der Waals surface area (Å²) < 4.78 is 0. The highest BCUT2D eigenvalue weighted by atomic mass is 16.3. The summed E-state index contributed by atoms with van der Waals surface area (Å²) in [6, 6.07) is 5.20. The number of hydrogen-bond donors (Lipinski definition) is 1. The number of phenolic OH excluding ortho intramolecular Hbond substituents is 1. The molecule has 1 aromatic carbocycles. The van der Waals surface area contributed by atoms with Crippen molar-refractivity contribution in [2.24, 2.45) is 0 Å². The second-order valence-electron chi connectivity index (χ2n) is 5.39. The smallest absolute Gasteiger partial charge is 0.258 e. The molecule has 3 nitrogen and oxygen atoms in total. The summed E-state index contributed by atoms with van der Waals surface area (Å²) >= 11 is 0. The fraction of sp³-hybridized carbons (Fsp3) is 0.500. The van der Waals surface area contributed by atoms with Crippen LogP contribution in [-0.2, 0) is 0 Å². The number of benzene rings is 1. The molecule has 1 amide bonds. The van der Waals surface area contributed by atoms with E-state index in [9.17, 15) is 9.90 Å². The van der Waals surface area contributed by atoms with E-state index < -0.39 is 0 Å². The van der Waals surface area contributed by atoms with Gasteiger partial charge in [0.2, 0.25) is 0 Å². The fourth-order valence-electron chi connectivity index (χ4n) is 2.45. The molecule has 1 saturated heterocycles. The number of phenols is 1. The van der Waals surface area contributed by atoms with Gasteiger partial charge in [0.15, 0.2) is 0 Å². The van der Waals surface area contributed by atoms with Crippen molar-refractivity contribution in [3.8, 4) is 5.75 Å². The Balaban J connectivity index is 2.31. The van der Waals surface area contributed by atoms with Crippen LogP contribution in [0.2, 0.25) is 0 Å². The van der Waals surface area contributed by atoms with Gasteiger partial charge in [-0.05, 0) is 51.3 Å². The van der Waals surface area contributed by atoms with Crippen molar-refractivity contribution < 1.29 is 9.90 Å². The molecule has 1 fully saturated rings.